The third-order valence-corrected chi connectivity index (χ3v) is 5.97. The lowest BCUT2D eigenvalue weighted by molar-refractivity contribution is 0.504. The van der Waals surface area contributed by atoms with Gasteiger partial charge in [0.15, 0.2) is 0 Å². The molecule has 170 valence electrons. The van der Waals surface area contributed by atoms with Crippen LogP contribution < -0.4 is 5.32 Å². The second-order valence-corrected chi connectivity index (χ2v) is 11.0. The van der Waals surface area contributed by atoms with Gasteiger partial charge in [0, 0.05) is 16.9 Å². The summed E-state index contributed by atoms with van der Waals surface area (Å²) in [5.74, 6) is 0.473. The minimum atomic E-state index is 0.0622. The SMILES string of the molecule is C=C(C)/C(=C\C(C)CC)C(=C)Nc1ccc(C(C)(C)C)cc1C(=C)/C=C(\C)C(C)(C)C. The van der Waals surface area contributed by atoms with E-state index >= 15 is 0 Å². The van der Waals surface area contributed by atoms with Gasteiger partial charge in [-0.15, -0.1) is 0 Å². The Kier molecular flexibility index (Phi) is 8.94. The smallest absolute Gasteiger partial charge is 0.0463 e. The summed E-state index contributed by atoms with van der Waals surface area (Å²) in [5.41, 5.74) is 8.90. The molecular weight excluding hydrogens is 374 g/mol. The van der Waals surface area contributed by atoms with Crippen LogP contribution in [0.2, 0.25) is 0 Å². The Balaban J connectivity index is 3.50. The van der Waals surface area contributed by atoms with Crippen LogP contribution in [0.15, 0.2) is 72.5 Å². The third-order valence-electron chi connectivity index (χ3n) is 5.97. The molecule has 0 aromatic heterocycles. The largest absolute Gasteiger partial charge is 0.355 e. The third kappa shape index (κ3) is 7.73. The van der Waals surface area contributed by atoms with Crippen LogP contribution in [0.5, 0.6) is 0 Å². The number of allylic oxidation sites excluding steroid dienone is 5. The van der Waals surface area contributed by atoms with Crippen molar-refractivity contribution in [2.75, 3.05) is 5.32 Å². The monoisotopic (exact) mass is 419 g/mol. The van der Waals surface area contributed by atoms with Crippen LogP contribution in [-0.4, -0.2) is 0 Å². The summed E-state index contributed by atoms with van der Waals surface area (Å²) in [6.07, 6.45) is 5.56. The van der Waals surface area contributed by atoms with E-state index in [0.717, 1.165) is 40.1 Å². The number of nitrogens with one attached hydrogen (secondary N) is 1. The van der Waals surface area contributed by atoms with Gasteiger partial charge >= 0.3 is 0 Å². The topological polar surface area (TPSA) is 12.0 Å². The van der Waals surface area contributed by atoms with Crippen molar-refractivity contribution in [1.82, 2.24) is 0 Å². The summed E-state index contributed by atoms with van der Waals surface area (Å²) in [7, 11) is 0. The Bertz CT molecular complexity index is 891. The van der Waals surface area contributed by atoms with Crippen molar-refractivity contribution in [3.8, 4) is 0 Å². The van der Waals surface area contributed by atoms with Gasteiger partial charge in [0.1, 0.15) is 0 Å². The lowest BCUT2D eigenvalue weighted by Crippen LogP contribution is -2.13. The van der Waals surface area contributed by atoms with E-state index in [2.05, 4.69) is 118 Å². The number of rotatable bonds is 8. The van der Waals surface area contributed by atoms with Gasteiger partial charge in [-0.2, -0.15) is 0 Å². The van der Waals surface area contributed by atoms with E-state index in [1.807, 2.05) is 6.92 Å². The second kappa shape index (κ2) is 10.4. The Hall–Kier alpha value is -2.28. The van der Waals surface area contributed by atoms with Crippen molar-refractivity contribution in [2.24, 2.45) is 11.3 Å². The summed E-state index contributed by atoms with van der Waals surface area (Å²) < 4.78 is 0. The van der Waals surface area contributed by atoms with Gasteiger partial charge in [-0.3, -0.25) is 0 Å². The predicted octanol–water partition coefficient (Wildman–Crippen LogP) is 9.46. The molecule has 1 atom stereocenters. The summed E-state index contributed by atoms with van der Waals surface area (Å²) in [4.78, 5) is 0. The molecule has 1 unspecified atom stereocenters. The molecule has 0 bridgehead atoms. The highest BCUT2D eigenvalue weighted by molar-refractivity contribution is 5.83. The van der Waals surface area contributed by atoms with Crippen molar-refractivity contribution in [2.45, 2.75) is 81.1 Å². The maximum absolute atomic E-state index is 4.43. The highest BCUT2D eigenvalue weighted by atomic mass is 14.9. The van der Waals surface area contributed by atoms with Gasteiger partial charge in [0.2, 0.25) is 0 Å². The highest BCUT2D eigenvalue weighted by Gasteiger charge is 2.19. The van der Waals surface area contributed by atoms with Gasteiger partial charge in [-0.05, 0) is 65.0 Å². The summed E-state index contributed by atoms with van der Waals surface area (Å²) in [6.45, 7) is 35.0. The van der Waals surface area contributed by atoms with E-state index in [1.54, 1.807) is 0 Å². The van der Waals surface area contributed by atoms with Crippen molar-refractivity contribution in [3.05, 3.63) is 83.6 Å². The lowest BCUT2D eigenvalue weighted by atomic mass is 9.83. The molecule has 0 radical (unpaired) electrons. The first kappa shape index (κ1) is 26.8. The average molecular weight is 420 g/mol. The molecule has 0 aliphatic rings. The normalized spacial score (nSPS) is 14.3. The fourth-order valence-corrected chi connectivity index (χ4v) is 3.07. The Morgan fingerprint density at radius 2 is 1.61 bits per heavy atom. The maximum atomic E-state index is 4.43. The molecule has 0 heterocycles. The molecule has 1 N–H and O–H groups in total. The molecule has 0 aliphatic carbocycles. The number of anilines is 1. The molecule has 0 aliphatic heterocycles. The second-order valence-electron chi connectivity index (χ2n) is 11.0. The van der Waals surface area contributed by atoms with Gasteiger partial charge in [0.05, 0.1) is 0 Å². The lowest BCUT2D eigenvalue weighted by Gasteiger charge is -2.24. The summed E-state index contributed by atoms with van der Waals surface area (Å²) in [6, 6.07) is 6.63. The molecule has 1 aromatic rings. The molecule has 0 fully saturated rings. The number of hydrogen-bond donors (Lipinski definition) is 1. The van der Waals surface area contributed by atoms with Gasteiger partial charge in [-0.1, -0.05) is 105 Å². The van der Waals surface area contributed by atoms with Gasteiger partial charge < -0.3 is 5.32 Å². The Morgan fingerprint density at radius 1 is 1.03 bits per heavy atom. The molecule has 1 heteroatoms. The van der Waals surface area contributed by atoms with Crippen LogP contribution in [0, 0.1) is 11.3 Å². The van der Waals surface area contributed by atoms with Gasteiger partial charge in [0.25, 0.3) is 0 Å². The predicted molar refractivity (Wildman–Crippen MR) is 143 cm³/mol. The van der Waals surface area contributed by atoms with Crippen molar-refractivity contribution >= 4 is 11.3 Å². The Morgan fingerprint density at radius 3 is 2.06 bits per heavy atom. The van der Waals surface area contributed by atoms with Crippen LogP contribution in [0.1, 0.15) is 86.8 Å². The molecule has 0 spiro atoms. The average Bonchev–Trinajstić information content (AvgIpc) is 2.63. The van der Waals surface area contributed by atoms with Gasteiger partial charge in [-0.25, -0.2) is 0 Å². The molecule has 1 aromatic carbocycles. The molecule has 1 rings (SSSR count). The fourth-order valence-electron chi connectivity index (χ4n) is 3.07. The van der Waals surface area contributed by atoms with E-state index in [-0.39, 0.29) is 10.8 Å². The van der Waals surface area contributed by atoms with E-state index in [1.165, 1.54) is 11.1 Å². The summed E-state index contributed by atoms with van der Waals surface area (Å²) in [5, 5.41) is 3.58. The van der Waals surface area contributed by atoms with Crippen molar-refractivity contribution < 1.29 is 0 Å². The van der Waals surface area contributed by atoms with Crippen LogP contribution >= 0.6 is 0 Å². The maximum Gasteiger partial charge on any atom is 0.0463 e. The molecule has 0 saturated carbocycles. The zero-order valence-electron chi connectivity index (χ0n) is 21.8. The quantitative estimate of drug-likeness (QED) is 0.414. The Labute approximate surface area is 192 Å². The van der Waals surface area contributed by atoms with E-state index in [4.69, 9.17) is 0 Å². The van der Waals surface area contributed by atoms with Crippen LogP contribution in [0.25, 0.3) is 5.57 Å². The number of hydrogen-bond acceptors (Lipinski definition) is 1. The minimum absolute atomic E-state index is 0.0622. The first-order chi connectivity index (χ1) is 14.1. The van der Waals surface area contributed by atoms with E-state index < -0.39 is 0 Å². The van der Waals surface area contributed by atoms with E-state index in [0.29, 0.717) is 5.92 Å². The minimum Gasteiger partial charge on any atom is -0.355 e. The zero-order valence-corrected chi connectivity index (χ0v) is 21.8. The summed E-state index contributed by atoms with van der Waals surface area (Å²) >= 11 is 0. The van der Waals surface area contributed by atoms with Crippen molar-refractivity contribution in [1.29, 1.82) is 0 Å². The molecule has 0 saturated heterocycles. The van der Waals surface area contributed by atoms with Crippen LogP contribution in [0.3, 0.4) is 0 Å². The molecule has 0 amide bonds. The standard InChI is InChI=1S/C30H45N/c1-14-21(4)17-26(20(2)3)24(7)31-28-16-15-25(30(11,12)13)19-27(28)22(5)18-23(6)29(8,9)10/h15-19,21,31H,2,5,7,14H2,1,3-4,6,8-13H3/b23-18+,26-17+. The first-order valence-corrected chi connectivity index (χ1v) is 11.4. The number of benzene rings is 1. The highest BCUT2D eigenvalue weighted by Crippen LogP contribution is 2.35. The molecular formula is C30H45N. The van der Waals surface area contributed by atoms with E-state index in [9.17, 15) is 0 Å². The fraction of sp³-hybridized carbons (Fsp3) is 0.467. The van der Waals surface area contributed by atoms with Crippen LogP contribution in [-0.2, 0) is 5.41 Å². The molecule has 31 heavy (non-hydrogen) atoms. The van der Waals surface area contributed by atoms with Crippen LogP contribution in [0.4, 0.5) is 5.69 Å². The first-order valence-electron chi connectivity index (χ1n) is 11.4. The van der Waals surface area contributed by atoms with Crippen molar-refractivity contribution in [3.63, 3.8) is 0 Å². The zero-order chi connectivity index (χ0) is 24.1. The molecule has 1 nitrogen and oxygen atoms in total.